The number of aryl methyl sites for hydroxylation is 2. The number of halogens is 2. The number of nitrogens with zero attached hydrogens (tertiary/aromatic N) is 4. The predicted molar refractivity (Wildman–Crippen MR) is 131 cm³/mol. The molecular weight excluding hydrogens is 483 g/mol. The van der Waals surface area contributed by atoms with Crippen molar-refractivity contribution < 1.29 is 23.7 Å². The Kier molecular flexibility index (Phi) is 5.89. The SMILES string of the molecule is CCc1nn(-c2cccc(Cl)c2)c([O-])c1C1=C([n+]2cccc(C)c2)C(=O)N(c2ccc(F)cc2)C1=O. The molecule has 0 bridgehead atoms. The minimum absolute atomic E-state index is 0.0190. The Labute approximate surface area is 211 Å². The van der Waals surface area contributed by atoms with Crippen LogP contribution in [0.3, 0.4) is 0 Å². The molecule has 3 heterocycles. The summed E-state index contributed by atoms with van der Waals surface area (Å²) in [5, 5.41) is 18.6. The highest BCUT2D eigenvalue weighted by atomic mass is 35.5. The quantitative estimate of drug-likeness (QED) is 0.307. The third-order valence-corrected chi connectivity index (χ3v) is 6.14. The zero-order valence-electron chi connectivity index (χ0n) is 19.4. The van der Waals surface area contributed by atoms with Crippen molar-refractivity contribution in [2.75, 3.05) is 4.90 Å². The number of benzene rings is 2. The molecule has 0 saturated carbocycles. The minimum Gasteiger partial charge on any atom is -0.858 e. The maximum absolute atomic E-state index is 13.8. The number of aromatic nitrogens is 3. The molecule has 1 aliphatic heterocycles. The lowest BCUT2D eigenvalue weighted by molar-refractivity contribution is -0.577. The highest BCUT2D eigenvalue weighted by Crippen LogP contribution is 2.39. The van der Waals surface area contributed by atoms with Crippen LogP contribution in [-0.4, -0.2) is 21.6 Å². The van der Waals surface area contributed by atoms with Crippen LogP contribution in [0.15, 0.2) is 73.1 Å². The van der Waals surface area contributed by atoms with E-state index in [2.05, 4.69) is 5.10 Å². The van der Waals surface area contributed by atoms with E-state index < -0.39 is 23.5 Å². The monoisotopic (exact) mass is 502 g/mol. The molecule has 2 amide bonds. The largest absolute Gasteiger partial charge is 0.858 e. The predicted octanol–water partition coefficient (Wildman–Crippen LogP) is 3.84. The van der Waals surface area contributed by atoms with Crippen molar-refractivity contribution in [1.82, 2.24) is 9.78 Å². The maximum Gasteiger partial charge on any atom is 0.331 e. The molecule has 0 N–H and O–H groups in total. The molecule has 0 atom stereocenters. The number of pyridine rings is 1. The molecule has 0 aliphatic carbocycles. The standard InChI is InChI=1S/C27H20ClFN4O3/c1-3-21-22(26(35)33(30-21)20-8-4-7-17(28)14-20)23-24(31-13-5-6-16(2)15-31)27(36)32(25(23)34)19-11-9-18(29)10-12-19/h4-15H,3H2,1-2H3. The van der Waals surface area contributed by atoms with Crippen LogP contribution < -0.4 is 14.6 Å². The number of rotatable bonds is 5. The normalized spacial score (nSPS) is 13.7. The number of imide groups is 1. The van der Waals surface area contributed by atoms with Crippen LogP contribution in [0.1, 0.15) is 23.7 Å². The molecule has 0 fully saturated rings. The Morgan fingerprint density at radius 3 is 2.44 bits per heavy atom. The Morgan fingerprint density at radius 2 is 1.78 bits per heavy atom. The Balaban J connectivity index is 1.77. The topological polar surface area (TPSA) is 82.1 Å². The molecule has 1 aliphatic rings. The van der Waals surface area contributed by atoms with E-state index in [1.165, 1.54) is 33.5 Å². The first-order valence-electron chi connectivity index (χ1n) is 11.2. The molecule has 180 valence electrons. The summed E-state index contributed by atoms with van der Waals surface area (Å²) in [6.07, 6.45) is 3.68. The number of carbonyl (C=O) groups is 2. The van der Waals surface area contributed by atoms with E-state index in [0.717, 1.165) is 10.5 Å². The van der Waals surface area contributed by atoms with Crippen LogP contribution in [0.5, 0.6) is 5.88 Å². The maximum atomic E-state index is 13.8. The molecular formula is C27H20ClFN4O3. The van der Waals surface area contributed by atoms with Crippen LogP contribution >= 0.6 is 11.6 Å². The zero-order valence-corrected chi connectivity index (χ0v) is 20.2. The van der Waals surface area contributed by atoms with Gasteiger partial charge in [-0.05, 0) is 67.8 Å². The lowest BCUT2D eigenvalue weighted by Gasteiger charge is -2.15. The molecule has 0 spiro atoms. The molecule has 2 aromatic carbocycles. The molecule has 4 aromatic rings. The Morgan fingerprint density at radius 1 is 1.03 bits per heavy atom. The Bertz CT molecular complexity index is 1560. The highest BCUT2D eigenvalue weighted by molar-refractivity contribution is 6.53. The summed E-state index contributed by atoms with van der Waals surface area (Å²) in [4.78, 5) is 28.5. The zero-order chi connectivity index (χ0) is 25.6. The van der Waals surface area contributed by atoms with Crippen LogP contribution in [-0.2, 0) is 16.0 Å². The third kappa shape index (κ3) is 3.85. The van der Waals surface area contributed by atoms with Gasteiger partial charge in [-0.2, -0.15) is 9.67 Å². The molecule has 2 aromatic heterocycles. The fraction of sp³-hybridized carbons (Fsp3) is 0.111. The molecule has 0 unspecified atom stereocenters. The van der Waals surface area contributed by atoms with Gasteiger partial charge in [-0.3, -0.25) is 9.59 Å². The average Bonchev–Trinajstić information content (AvgIpc) is 3.32. The number of carbonyl (C=O) groups excluding carboxylic acids is 2. The first-order chi connectivity index (χ1) is 17.3. The van der Waals surface area contributed by atoms with Gasteiger partial charge in [-0.15, -0.1) is 0 Å². The van der Waals surface area contributed by atoms with Crippen molar-refractivity contribution >= 4 is 40.4 Å². The summed E-state index contributed by atoms with van der Waals surface area (Å²) in [6, 6.07) is 15.3. The van der Waals surface area contributed by atoms with Gasteiger partial charge in [0.25, 0.3) is 11.6 Å². The fourth-order valence-electron chi connectivity index (χ4n) is 4.27. The third-order valence-electron chi connectivity index (χ3n) is 5.90. The van der Waals surface area contributed by atoms with E-state index in [4.69, 9.17) is 11.6 Å². The number of anilines is 1. The van der Waals surface area contributed by atoms with Crippen molar-refractivity contribution in [2.24, 2.45) is 0 Å². The van der Waals surface area contributed by atoms with Crippen molar-refractivity contribution in [3.63, 3.8) is 0 Å². The summed E-state index contributed by atoms with van der Waals surface area (Å²) < 4.78 is 16.3. The second-order valence-corrected chi connectivity index (χ2v) is 8.74. The van der Waals surface area contributed by atoms with Gasteiger partial charge in [-0.1, -0.05) is 24.6 Å². The van der Waals surface area contributed by atoms with Crippen molar-refractivity contribution in [1.29, 1.82) is 0 Å². The van der Waals surface area contributed by atoms with Crippen molar-refractivity contribution in [2.45, 2.75) is 20.3 Å². The highest BCUT2D eigenvalue weighted by Gasteiger charge is 2.47. The first-order valence-corrected chi connectivity index (χ1v) is 11.6. The molecule has 7 nitrogen and oxygen atoms in total. The van der Waals surface area contributed by atoms with Gasteiger partial charge in [0.05, 0.1) is 17.1 Å². The van der Waals surface area contributed by atoms with E-state index in [1.54, 1.807) is 42.7 Å². The summed E-state index contributed by atoms with van der Waals surface area (Å²) >= 11 is 6.13. The van der Waals surface area contributed by atoms with Gasteiger partial charge in [0.2, 0.25) is 0 Å². The summed E-state index contributed by atoms with van der Waals surface area (Å²) in [6.45, 7) is 3.66. The van der Waals surface area contributed by atoms with Crippen molar-refractivity contribution in [3.05, 3.63) is 101 Å². The van der Waals surface area contributed by atoms with Gasteiger partial charge in [-0.25, -0.2) is 14.0 Å². The molecule has 0 radical (unpaired) electrons. The van der Waals surface area contributed by atoms with Crippen LogP contribution in [0.25, 0.3) is 17.0 Å². The van der Waals surface area contributed by atoms with E-state index >= 15 is 0 Å². The fourth-order valence-corrected chi connectivity index (χ4v) is 4.45. The first kappa shape index (κ1) is 23.4. The minimum atomic E-state index is -0.687. The van der Waals surface area contributed by atoms with Gasteiger partial charge >= 0.3 is 5.91 Å². The van der Waals surface area contributed by atoms with Gasteiger partial charge in [0.1, 0.15) is 11.4 Å². The number of amides is 2. The smallest absolute Gasteiger partial charge is 0.331 e. The lowest BCUT2D eigenvalue weighted by atomic mass is 10.0. The summed E-state index contributed by atoms with van der Waals surface area (Å²) in [5.74, 6) is -2.36. The van der Waals surface area contributed by atoms with Gasteiger partial charge < -0.3 is 5.11 Å². The molecule has 0 saturated heterocycles. The van der Waals surface area contributed by atoms with Crippen molar-refractivity contribution in [3.8, 4) is 11.6 Å². The lowest BCUT2D eigenvalue weighted by Crippen LogP contribution is -2.39. The second-order valence-electron chi connectivity index (χ2n) is 8.31. The van der Waals surface area contributed by atoms with Crippen LogP contribution in [0.2, 0.25) is 5.02 Å². The van der Waals surface area contributed by atoms with E-state index in [1.807, 2.05) is 19.9 Å². The molecule has 5 rings (SSSR count). The van der Waals surface area contributed by atoms with Gasteiger partial charge in [0, 0.05) is 22.2 Å². The number of hydrogen-bond donors (Lipinski definition) is 0. The second kappa shape index (κ2) is 9.05. The summed E-state index contributed by atoms with van der Waals surface area (Å²) in [7, 11) is 0. The average molecular weight is 503 g/mol. The molecule has 36 heavy (non-hydrogen) atoms. The molecule has 9 heteroatoms. The van der Waals surface area contributed by atoms with Crippen LogP contribution in [0.4, 0.5) is 10.1 Å². The van der Waals surface area contributed by atoms with Crippen LogP contribution in [0, 0.1) is 12.7 Å². The van der Waals surface area contributed by atoms with Gasteiger partial charge in [0.15, 0.2) is 12.4 Å². The van der Waals surface area contributed by atoms with E-state index in [9.17, 15) is 19.1 Å². The van der Waals surface area contributed by atoms with E-state index in [-0.39, 0.29) is 22.5 Å². The summed E-state index contributed by atoms with van der Waals surface area (Å²) in [5.41, 5.74) is 1.84. The Hall–Kier alpha value is -4.30. The number of hydrogen-bond acceptors (Lipinski definition) is 4. The van der Waals surface area contributed by atoms with E-state index in [0.29, 0.717) is 22.8 Å².